The van der Waals surface area contributed by atoms with E-state index in [1.165, 1.54) is 50.2 Å². The Bertz CT molecular complexity index is 2720. The zero-order valence-corrected chi connectivity index (χ0v) is 40.5. The van der Waals surface area contributed by atoms with E-state index < -0.39 is 42.9 Å². The Labute approximate surface area is 386 Å². The number of aromatic hydroxyl groups is 2. The van der Waals surface area contributed by atoms with Crippen molar-refractivity contribution in [2.75, 3.05) is 13.1 Å². The average molecular weight is 945 g/mol. The van der Waals surface area contributed by atoms with Crippen LogP contribution < -0.4 is 20.6 Å². The van der Waals surface area contributed by atoms with Gasteiger partial charge in [-0.1, -0.05) is 78.4 Å². The fraction of sp³-hybridized carbons (Fsp3) is 0.478. The maximum Gasteiger partial charge on any atom is 0.281 e. The smallest absolute Gasteiger partial charge is 0.281 e. The van der Waals surface area contributed by atoms with E-state index in [9.17, 15) is 47.2 Å². The van der Waals surface area contributed by atoms with Crippen LogP contribution in [0.5, 0.6) is 11.8 Å². The van der Waals surface area contributed by atoms with Crippen molar-refractivity contribution in [1.29, 1.82) is 10.5 Å². The first-order chi connectivity index (χ1) is 31.4. The minimum atomic E-state index is -4.36. The van der Waals surface area contributed by atoms with Crippen molar-refractivity contribution >= 4 is 42.8 Å². The summed E-state index contributed by atoms with van der Waals surface area (Å²) in [6, 6.07) is 12.1. The Kier molecular flexibility index (Phi) is 18.6. The lowest BCUT2D eigenvalue weighted by atomic mass is 10.00. The van der Waals surface area contributed by atoms with E-state index in [0.29, 0.717) is 12.8 Å². The summed E-state index contributed by atoms with van der Waals surface area (Å²) in [6.45, 7) is 14.3. The molecule has 20 heteroatoms. The van der Waals surface area contributed by atoms with E-state index in [4.69, 9.17) is 0 Å². The normalized spacial score (nSPS) is 13.0. The molecule has 0 saturated heterocycles. The third-order valence-corrected chi connectivity index (χ3v) is 14.6. The van der Waals surface area contributed by atoms with Gasteiger partial charge in [-0.2, -0.15) is 10.5 Å². The molecule has 0 amide bonds. The Morgan fingerprint density at radius 3 is 1.29 bits per heavy atom. The van der Waals surface area contributed by atoms with E-state index >= 15 is 0 Å². The molecule has 0 aliphatic carbocycles. The van der Waals surface area contributed by atoms with Gasteiger partial charge in [-0.25, -0.2) is 26.3 Å². The highest BCUT2D eigenvalue weighted by Crippen LogP contribution is 2.37. The van der Waals surface area contributed by atoms with Crippen molar-refractivity contribution < 1.29 is 27.0 Å². The number of sulfonamides is 2. The van der Waals surface area contributed by atoms with Gasteiger partial charge in [0, 0.05) is 37.3 Å². The van der Waals surface area contributed by atoms with Gasteiger partial charge < -0.3 is 10.2 Å². The number of unbranched alkanes of at least 4 members (excludes halogenated alkanes) is 2. The molecule has 0 radical (unpaired) electrons. The van der Waals surface area contributed by atoms with Crippen LogP contribution in [-0.2, 0) is 33.1 Å². The molecule has 4 rings (SSSR count). The van der Waals surface area contributed by atoms with Crippen LogP contribution in [0.15, 0.2) is 76.2 Å². The summed E-state index contributed by atoms with van der Waals surface area (Å²) in [5, 5.41) is 57.3. The number of hydrogen-bond acceptors (Lipinski definition) is 14. The number of aromatic nitrogens is 2. The van der Waals surface area contributed by atoms with Gasteiger partial charge in [-0.3, -0.25) is 18.7 Å². The summed E-state index contributed by atoms with van der Waals surface area (Å²) < 4.78 is 64.5. The summed E-state index contributed by atoms with van der Waals surface area (Å²) in [5.41, 5.74) is -2.15. The van der Waals surface area contributed by atoms with Crippen molar-refractivity contribution in [2.45, 2.75) is 130 Å². The highest BCUT2D eigenvalue weighted by molar-refractivity contribution is 7.90. The third-order valence-electron chi connectivity index (χ3n) is 11.7. The van der Waals surface area contributed by atoms with Crippen molar-refractivity contribution in [3.8, 4) is 35.0 Å². The van der Waals surface area contributed by atoms with Gasteiger partial charge in [0.1, 0.15) is 44.4 Å². The molecule has 18 nitrogen and oxygen atoms in total. The Morgan fingerprint density at radius 1 is 0.621 bits per heavy atom. The number of azo groups is 2. The number of benzene rings is 2. The average Bonchev–Trinajstić information content (AvgIpc) is 3.29. The van der Waals surface area contributed by atoms with Gasteiger partial charge in [-0.15, -0.1) is 20.5 Å². The van der Waals surface area contributed by atoms with Crippen molar-refractivity contribution in [3.05, 3.63) is 79.4 Å². The molecule has 0 fully saturated rings. The third kappa shape index (κ3) is 11.8. The van der Waals surface area contributed by atoms with Crippen molar-refractivity contribution in [1.82, 2.24) is 18.6 Å². The molecule has 2 aromatic heterocycles. The van der Waals surface area contributed by atoms with Crippen molar-refractivity contribution in [2.24, 2.45) is 32.3 Å². The second-order valence-corrected chi connectivity index (χ2v) is 19.4. The fourth-order valence-corrected chi connectivity index (χ4v) is 9.94. The molecule has 2 unspecified atom stereocenters. The molecular weight excluding hydrogens is 885 g/mol. The minimum absolute atomic E-state index is 0.0135. The summed E-state index contributed by atoms with van der Waals surface area (Å²) >= 11 is 0. The highest BCUT2D eigenvalue weighted by atomic mass is 32.2. The Morgan fingerprint density at radius 2 is 0.985 bits per heavy atom. The summed E-state index contributed by atoms with van der Waals surface area (Å²) in [6.07, 6.45) is 6.69. The van der Waals surface area contributed by atoms with E-state index in [-0.39, 0.29) is 104 Å². The molecule has 2 heterocycles. The highest BCUT2D eigenvalue weighted by Gasteiger charge is 2.26. The lowest BCUT2D eigenvalue weighted by Crippen LogP contribution is -2.29. The summed E-state index contributed by atoms with van der Waals surface area (Å²) in [4.78, 5) is 26.1. The minimum Gasteiger partial charge on any atom is -0.493 e. The molecular formula is C46H60N10O8S2. The topological polar surface area (TPSA) is 274 Å². The van der Waals surface area contributed by atoms with Crippen LogP contribution in [0.1, 0.15) is 115 Å². The molecule has 4 N–H and O–H groups in total. The zero-order chi connectivity index (χ0) is 48.9. The van der Waals surface area contributed by atoms with Crippen LogP contribution in [0.4, 0.5) is 22.7 Å². The number of rotatable bonds is 23. The van der Waals surface area contributed by atoms with Crippen LogP contribution in [0.3, 0.4) is 0 Å². The van der Waals surface area contributed by atoms with Gasteiger partial charge in [0.15, 0.2) is 11.4 Å². The molecule has 0 aliphatic heterocycles. The van der Waals surface area contributed by atoms with Crippen molar-refractivity contribution in [3.63, 3.8) is 0 Å². The lowest BCUT2D eigenvalue weighted by molar-refractivity contribution is 0.408. The van der Waals surface area contributed by atoms with Crippen LogP contribution in [0, 0.1) is 48.3 Å². The zero-order valence-electron chi connectivity index (χ0n) is 38.8. The van der Waals surface area contributed by atoms with Crippen LogP contribution in [-0.4, -0.2) is 49.3 Å². The quantitative estimate of drug-likeness (QED) is 0.0511. The maximum absolute atomic E-state index is 14.3. The van der Waals surface area contributed by atoms with Crippen LogP contribution in [0.25, 0.3) is 11.1 Å². The Hall–Kier alpha value is -6.06. The standard InChI is InChI=1S/C46H60N10O8S2/c1-9-15-17-31(11-3)27-49-65(61,62)39-23-33(19-21-37(39)51-53-41-29(7)35(25-47)43(57)55(13-5)45(41)59)34-20-22-38(40(24-34)66(63,64)50-28-32(12-4)18-16-10-2)52-54-42-30(8)36(26-48)44(58)56(14-6)46(42)60/h19-24,31-32,49-50,57-58H,9-18,27-28H2,1-8H3. The van der Waals surface area contributed by atoms with Gasteiger partial charge in [0.2, 0.25) is 31.8 Å². The first-order valence-electron chi connectivity index (χ1n) is 22.2. The van der Waals surface area contributed by atoms with Crippen LogP contribution in [0.2, 0.25) is 0 Å². The molecule has 4 aromatic rings. The maximum atomic E-state index is 14.3. The predicted molar refractivity (Wildman–Crippen MR) is 252 cm³/mol. The molecule has 354 valence electrons. The van der Waals surface area contributed by atoms with Crippen LogP contribution >= 0.6 is 0 Å². The van der Waals surface area contributed by atoms with Gasteiger partial charge in [-0.05, 0) is 87.8 Å². The number of nitrogens with one attached hydrogen (secondary N) is 2. The first-order valence-corrected chi connectivity index (χ1v) is 25.2. The second kappa shape index (κ2) is 23.4. The monoisotopic (exact) mass is 944 g/mol. The first kappa shape index (κ1) is 52.6. The van der Waals surface area contributed by atoms with E-state index in [0.717, 1.165) is 47.7 Å². The molecule has 0 bridgehead atoms. The molecule has 0 aliphatic rings. The van der Waals surface area contributed by atoms with Gasteiger partial charge in [0.05, 0.1) is 0 Å². The Balaban J connectivity index is 1.97. The summed E-state index contributed by atoms with van der Waals surface area (Å²) in [5.74, 6) is -0.994. The van der Waals surface area contributed by atoms with E-state index in [2.05, 4.69) is 29.9 Å². The number of nitrogens with zero attached hydrogens (tertiary/aromatic N) is 8. The summed E-state index contributed by atoms with van der Waals surface area (Å²) in [7, 11) is -8.72. The SMILES string of the molecule is CCCCC(CC)CNS(=O)(=O)c1cc(-c2ccc(N=Nc3c(C)c(C#N)c(O)n(CC)c3=O)c(S(=O)(=O)NCC(CC)CCCC)c2)ccc1N=Nc1c(C)c(C#N)c(O)n(CC)c1=O. The second-order valence-electron chi connectivity index (χ2n) is 16.0. The number of hydrogen-bond donors (Lipinski definition) is 4. The van der Waals surface area contributed by atoms with E-state index in [1.54, 1.807) is 13.8 Å². The predicted octanol–water partition coefficient (Wildman–Crippen LogP) is 9.31. The molecule has 2 aromatic carbocycles. The number of pyridine rings is 2. The van der Waals surface area contributed by atoms with Gasteiger partial charge >= 0.3 is 0 Å². The molecule has 0 saturated carbocycles. The molecule has 0 spiro atoms. The van der Waals surface area contributed by atoms with E-state index in [1.807, 2.05) is 39.8 Å². The molecule has 2 atom stereocenters. The fourth-order valence-electron chi connectivity index (χ4n) is 7.39. The lowest BCUT2D eigenvalue weighted by Gasteiger charge is -2.17. The number of nitriles is 2. The van der Waals surface area contributed by atoms with Gasteiger partial charge in [0.25, 0.3) is 11.1 Å². The largest absolute Gasteiger partial charge is 0.493 e. The molecule has 66 heavy (non-hydrogen) atoms.